The highest BCUT2D eigenvalue weighted by molar-refractivity contribution is 7.89. The molecule has 1 aromatic heterocycles. The minimum Gasteiger partial charge on any atom is -0.381 e. The van der Waals surface area contributed by atoms with Crippen molar-refractivity contribution in [2.45, 2.75) is 108 Å². The largest absolute Gasteiger partial charge is 0.381 e. The first-order chi connectivity index (χ1) is 19.9. The molecule has 1 aliphatic carbocycles. The van der Waals surface area contributed by atoms with E-state index < -0.39 is 21.0 Å². The molecule has 2 aromatic rings. The fourth-order valence-corrected chi connectivity index (χ4v) is 9.59. The Balaban J connectivity index is 1.54. The summed E-state index contributed by atoms with van der Waals surface area (Å²) in [6.45, 7) is 12.4. The molecule has 3 fully saturated rings. The maximum atomic E-state index is 14.1. The molecule has 232 valence electrons. The first kappa shape index (κ1) is 31.6. The van der Waals surface area contributed by atoms with E-state index in [1.165, 1.54) is 43.4 Å². The van der Waals surface area contributed by atoms with Gasteiger partial charge in [0.05, 0.1) is 34.2 Å². The maximum Gasteiger partial charge on any atom is 0.280 e. The van der Waals surface area contributed by atoms with Crippen molar-refractivity contribution in [1.29, 1.82) is 0 Å². The van der Waals surface area contributed by atoms with E-state index in [2.05, 4.69) is 26.1 Å². The van der Waals surface area contributed by atoms with Crippen LogP contribution >= 0.6 is 11.3 Å². The number of nitrogens with zero attached hydrogens (tertiary/aromatic N) is 2. The number of rotatable bonds is 7. The number of hydrogen-bond donors (Lipinski definition) is 1. The SMILES string of the molecule is CC(C)(C)c1cc(-c2sc(C(=O)NC3CCOCC3)nc2CC2CCCCC2)ccc1S(=O)(=O)N1CCOCC1(C)C. The second kappa shape index (κ2) is 12.6. The molecule has 1 N–H and O–H groups in total. The van der Waals surface area contributed by atoms with Crippen LogP contribution in [0.15, 0.2) is 23.1 Å². The van der Waals surface area contributed by atoms with Crippen molar-refractivity contribution in [1.82, 2.24) is 14.6 Å². The van der Waals surface area contributed by atoms with E-state index in [-0.39, 0.29) is 11.9 Å². The predicted octanol–water partition coefficient (Wildman–Crippen LogP) is 5.94. The van der Waals surface area contributed by atoms with E-state index >= 15 is 0 Å². The van der Waals surface area contributed by atoms with E-state index in [1.807, 2.05) is 26.0 Å². The van der Waals surface area contributed by atoms with Crippen LogP contribution in [0.2, 0.25) is 0 Å². The molecule has 3 aliphatic rings. The highest BCUT2D eigenvalue weighted by Gasteiger charge is 2.41. The average molecular weight is 618 g/mol. The van der Waals surface area contributed by atoms with Gasteiger partial charge in [0.15, 0.2) is 5.01 Å². The molecule has 42 heavy (non-hydrogen) atoms. The molecule has 0 radical (unpaired) electrons. The highest BCUT2D eigenvalue weighted by Crippen LogP contribution is 2.40. The molecular weight excluding hydrogens is 571 g/mol. The Morgan fingerprint density at radius 2 is 1.79 bits per heavy atom. The number of nitrogens with one attached hydrogen (secondary N) is 1. The van der Waals surface area contributed by atoms with Gasteiger partial charge in [0.1, 0.15) is 0 Å². The molecule has 1 saturated carbocycles. The minimum absolute atomic E-state index is 0.0989. The lowest BCUT2D eigenvalue weighted by atomic mass is 9.84. The molecule has 10 heteroatoms. The number of ether oxygens (including phenoxy) is 2. The predicted molar refractivity (Wildman–Crippen MR) is 167 cm³/mol. The summed E-state index contributed by atoms with van der Waals surface area (Å²) >= 11 is 1.43. The van der Waals surface area contributed by atoms with Crippen LogP contribution in [0.5, 0.6) is 0 Å². The van der Waals surface area contributed by atoms with E-state index in [9.17, 15) is 13.2 Å². The van der Waals surface area contributed by atoms with Crippen LogP contribution in [0.1, 0.15) is 101 Å². The standard InChI is InChI=1S/C32H47N3O5S2/c1-31(2,3)25-20-23(11-12-27(25)42(37,38)35-15-18-40-21-32(35,4)5)28-26(19-22-9-7-6-8-10-22)34-30(41-28)29(36)33-24-13-16-39-17-14-24/h11-12,20,22,24H,6-10,13-19,21H2,1-5H3,(H,33,36). The molecule has 2 aliphatic heterocycles. The first-order valence-corrected chi connectivity index (χ1v) is 17.8. The average Bonchev–Trinajstić information content (AvgIpc) is 3.37. The number of hydrogen-bond acceptors (Lipinski definition) is 7. The van der Waals surface area contributed by atoms with Gasteiger partial charge in [-0.1, -0.05) is 58.9 Å². The van der Waals surface area contributed by atoms with Gasteiger partial charge < -0.3 is 14.8 Å². The Morgan fingerprint density at radius 1 is 1.07 bits per heavy atom. The third-order valence-corrected chi connectivity index (χ3v) is 12.2. The lowest BCUT2D eigenvalue weighted by Gasteiger charge is -2.41. The summed E-state index contributed by atoms with van der Waals surface area (Å²) < 4.78 is 40.9. The van der Waals surface area contributed by atoms with Gasteiger partial charge in [-0.2, -0.15) is 4.31 Å². The molecule has 1 amide bonds. The molecule has 0 unspecified atom stereocenters. The fraction of sp³-hybridized carbons (Fsp3) is 0.688. The second-order valence-corrected chi connectivity index (χ2v) is 16.6. The van der Waals surface area contributed by atoms with Crippen molar-refractivity contribution in [3.05, 3.63) is 34.5 Å². The van der Waals surface area contributed by atoms with Crippen LogP contribution in [0.3, 0.4) is 0 Å². The second-order valence-electron chi connectivity index (χ2n) is 13.8. The zero-order chi connectivity index (χ0) is 30.1. The smallest absolute Gasteiger partial charge is 0.280 e. The van der Waals surface area contributed by atoms with Gasteiger partial charge in [0, 0.05) is 25.8 Å². The molecule has 1 aromatic carbocycles. The zero-order valence-electron chi connectivity index (χ0n) is 25.8. The van der Waals surface area contributed by atoms with Crippen molar-refractivity contribution in [2.24, 2.45) is 5.92 Å². The van der Waals surface area contributed by atoms with Gasteiger partial charge >= 0.3 is 0 Å². The summed E-state index contributed by atoms with van der Waals surface area (Å²) in [7, 11) is -3.77. The number of amides is 1. The molecule has 5 rings (SSSR count). The Labute approximate surface area is 255 Å². The summed E-state index contributed by atoms with van der Waals surface area (Å²) in [6, 6.07) is 5.80. The lowest BCUT2D eigenvalue weighted by molar-refractivity contribution is -0.00774. The van der Waals surface area contributed by atoms with E-state index in [1.54, 1.807) is 10.4 Å². The molecule has 2 saturated heterocycles. The molecule has 0 atom stereocenters. The van der Waals surface area contributed by atoms with Crippen molar-refractivity contribution in [3.63, 3.8) is 0 Å². The Bertz CT molecular complexity index is 1370. The molecular formula is C32H47N3O5S2. The van der Waals surface area contributed by atoms with Crippen molar-refractivity contribution in [3.8, 4) is 10.4 Å². The van der Waals surface area contributed by atoms with Gasteiger partial charge in [0.25, 0.3) is 5.91 Å². The van der Waals surface area contributed by atoms with Gasteiger partial charge in [-0.15, -0.1) is 11.3 Å². The normalized spacial score (nSPS) is 21.4. The Kier molecular flexibility index (Phi) is 9.50. The van der Waals surface area contributed by atoms with Crippen LogP contribution in [-0.4, -0.2) is 68.2 Å². The van der Waals surface area contributed by atoms with Gasteiger partial charge in [-0.3, -0.25) is 4.79 Å². The van der Waals surface area contributed by atoms with Crippen LogP contribution in [0.4, 0.5) is 0 Å². The lowest BCUT2D eigenvalue weighted by Crippen LogP contribution is -2.55. The van der Waals surface area contributed by atoms with Crippen molar-refractivity contribution < 1.29 is 22.7 Å². The number of benzene rings is 1. The third-order valence-electron chi connectivity index (χ3n) is 8.84. The third kappa shape index (κ3) is 6.93. The number of carbonyl (C=O) groups excluding carboxylic acids is 1. The monoisotopic (exact) mass is 617 g/mol. The minimum atomic E-state index is -3.77. The quantitative estimate of drug-likeness (QED) is 0.413. The van der Waals surface area contributed by atoms with E-state index in [0.29, 0.717) is 48.8 Å². The zero-order valence-corrected chi connectivity index (χ0v) is 27.5. The highest BCUT2D eigenvalue weighted by atomic mass is 32.2. The van der Waals surface area contributed by atoms with Gasteiger partial charge in [-0.05, 0) is 67.7 Å². The molecule has 0 bridgehead atoms. The molecule has 3 heterocycles. The van der Waals surface area contributed by atoms with E-state index in [4.69, 9.17) is 14.5 Å². The summed E-state index contributed by atoms with van der Waals surface area (Å²) in [5, 5.41) is 3.65. The van der Waals surface area contributed by atoms with Crippen LogP contribution in [0.25, 0.3) is 10.4 Å². The van der Waals surface area contributed by atoms with E-state index in [0.717, 1.165) is 41.0 Å². The number of thiazole rings is 1. The Hall–Kier alpha value is -1.85. The van der Waals surface area contributed by atoms with Crippen LogP contribution in [0, 0.1) is 5.92 Å². The van der Waals surface area contributed by atoms with Gasteiger partial charge in [-0.25, -0.2) is 13.4 Å². The fourth-order valence-electron chi connectivity index (χ4n) is 6.46. The summed E-state index contributed by atoms with van der Waals surface area (Å²) in [4.78, 5) is 19.6. The summed E-state index contributed by atoms with van der Waals surface area (Å²) in [5.41, 5.74) is 1.59. The molecule has 0 spiro atoms. The van der Waals surface area contributed by atoms with Crippen LogP contribution < -0.4 is 5.32 Å². The molecule has 8 nitrogen and oxygen atoms in total. The number of sulfonamides is 1. The number of carbonyl (C=O) groups is 1. The van der Waals surface area contributed by atoms with Crippen molar-refractivity contribution in [2.75, 3.05) is 33.0 Å². The first-order valence-electron chi connectivity index (χ1n) is 15.5. The summed E-state index contributed by atoms with van der Waals surface area (Å²) in [5.74, 6) is 0.420. The Morgan fingerprint density at radius 3 is 2.45 bits per heavy atom. The van der Waals surface area contributed by atoms with Crippen LogP contribution in [-0.2, 0) is 31.3 Å². The number of morpholine rings is 1. The number of aromatic nitrogens is 1. The van der Waals surface area contributed by atoms with Crippen molar-refractivity contribution >= 4 is 27.3 Å². The maximum absolute atomic E-state index is 14.1. The topological polar surface area (TPSA) is 97.8 Å². The van der Waals surface area contributed by atoms with Gasteiger partial charge in [0.2, 0.25) is 10.0 Å². The summed E-state index contributed by atoms with van der Waals surface area (Å²) in [6.07, 6.45) is 8.57.